The van der Waals surface area contributed by atoms with Gasteiger partial charge in [-0.1, -0.05) is 6.07 Å². The van der Waals surface area contributed by atoms with Gasteiger partial charge in [0.05, 0.1) is 16.3 Å². The zero-order valence-electron chi connectivity index (χ0n) is 16.2. The number of carbonyl (C=O) groups is 1. The topological polar surface area (TPSA) is 106 Å². The van der Waals surface area contributed by atoms with Crippen LogP contribution in [0.15, 0.2) is 51.5 Å². The predicted molar refractivity (Wildman–Crippen MR) is 110 cm³/mol. The van der Waals surface area contributed by atoms with Crippen LogP contribution in [0.1, 0.15) is 10.4 Å². The molecule has 2 aromatic heterocycles. The van der Waals surface area contributed by atoms with Gasteiger partial charge in [0, 0.05) is 33.3 Å². The van der Waals surface area contributed by atoms with Crippen LogP contribution >= 0.6 is 11.3 Å². The molecule has 1 amide bonds. The zero-order chi connectivity index (χ0) is 21.2. The van der Waals surface area contributed by atoms with Gasteiger partial charge < -0.3 is 5.32 Å². The van der Waals surface area contributed by atoms with Crippen LogP contribution < -0.4 is 11.0 Å². The summed E-state index contributed by atoms with van der Waals surface area (Å²) in [5.74, 6) is 0.218. The van der Waals surface area contributed by atoms with E-state index in [9.17, 15) is 18.0 Å². The van der Waals surface area contributed by atoms with Gasteiger partial charge in [-0.05, 0) is 35.7 Å². The van der Waals surface area contributed by atoms with Gasteiger partial charge in [0.15, 0.2) is 5.82 Å². The first-order valence-corrected chi connectivity index (χ1v) is 11.0. The second-order valence-electron chi connectivity index (χ2n) is 6.43. The highest BCUT2D eigenvalue weighted by atomic mass is 32.2. The third kappa shape index (κ3) is 4.31. The van der Waals surface area contributed by atoms with Crippen molar-refractivity contribution in [2.75, 3.05) is 20.6 Å². The van der Waals surface area contributed by atoms with Crippen LogP contribution in [0.25, 0.3) is 10.7 Å². The highest BCUT2D eigenvalue weighted by Crippen LogP contribution is 2.20. The van der Waals surface area contributed by atoms with Gasteiger partial charge in [-0.2, -0.15) is 0 Å². The van der Waals surface area contributed by atoms with Gasteiger partial charge in [-0.25, -0.2) is 22.2 Å². The van der Waals surface area contributed by atoms with Crippen LogP contribution in [-0.4, -0.2) is 53.6 Å². The molecule has 0 fully saturated rings. The molecule has 154 valence electrons. The number of aromatic nitrogens is 3. The van der Waals surface area contributed by atoms with E-state index in [1.165, 1.54) is 58.9 Å². The first-order valence-electron chi connectivity index (χ1n) is 8.70. The molecule has 3 rings (SSSR count). The molecule has 0 atom stereocenters. The lowest BCUT2D eigenvalue weighted by Crippen LogP contribution is -2.31. The minimum atomic E-state index is -3.54. The Balaban J connectivity index is 1.64. The van der Waals surface area contributed by atoms with E-state index in [0.717, 1.165) is 9.18 Å². The van der Waals surface area contributed by atoms with Crippen LogP contribution in [0.2, 0.25) is 0 Å². The molecule has 0 aliphatic heterocycles. The molecule has 0 radical (unpaired) electrons. The van der Waals surface area contributed by atoms with Gasteiger partial charge in [0.2, 0.25) is 10.0 Å². The number of hydrogen-bond acceptors (Lipinski definition) is 6. The van der Waals surface area contributed by atoms with Gasteiger partial charge in [-0.3, -0.25) is 9.36 Å². The molecule has 11 heteroatoms. The quantitative estimate of drug-likeness (QED) is 0.596. The van der Waals surface area contributed by atoms with Crippen LogP contribution in [0, 0.1) is 0 Å². The number of nitrogens with zero attached hydrogens (tertiary/aromatic N) is 4. The van der Waals surface area contributed by atoms with E-state index in [-0.39, 0.29) is 29.6 Å². The van der Waals surface area contributed by atoms with Crippen molar-refractivity contribution in [3.05, 3.63) is 57.8 Å². The average Bonchev–Trinajstić information content (AvgIpc) is 3.32. The smallest absolute Gasteiger partial charge is 0.346 e. The molecule has 0 bridgehead atoms. The molecule has 1 aromatic carbocycles. The van der Waals surface area contributed by atoms with Crippen LogP contribution in [-0.2, 0) is 23.6 Å². The maximum atomic E-state index is 12.3. The Morgan fingerprint density at radius 1 is 1.21 bits per heavy atom. The molecule has 0 saturated carbocycles. The molecule has 3 aromatic rings. The Morgan fingerprint density at radius 2 is 1.90 bits per heavy atom. The first-order chi connectivity index (χ1) is 13.7. The fourth-order valence-corrected chi connectivity index (χ4v) is 4.27. The van der Waals surface area contributed by atoms with Crippen molar-refractivity contribution < 1.29 is 13.2 Å². The summed E-state index contributed by atoms with van der Waals surface area (Å²) in [5, 5.41) is 8.96. The molecule has 0 aliphatic rings. The zero-order valence-corrected chi connectivity index (χ0v) is 17.8. The summed E-state index contributed by atoms with van der Waals surface area (Å²) in [4.78, 5) is 25.6. The SMILES string of the molecule is CN(C)S(=O)(=O)c1ccc(C(=O)NCCn2nc(-c3cccs3)n(C)c2=O)cc1. The lowest BCUT2D eigenvalue weighted by atomic mass is 10.2. The third-order valence-electron chi connectivity index (χ3n) is 4.29. The number of thiophene rings is 1. The van der Waals surface area contributed by atoms with E-state index in [0.29, 0.717) is 11.4 Å². The molecule has 2 heterocycles. The van der Waals surface area contributed by atoms with Crippen molar-refractivity contribution >= 4 is 27.3 Å². The summed E-state index contributed by atoms with van der Waals surface area (Å²) in [7, 11) is 0.999. The van der Waals surface area contributed by atoms with Crippen molar-refractivity contribution in [1.29, 1.82) is 0 Å². The van der Waals surface area contributed by atoms with E-state index < -0.39 is 10.0 Å². The standard InChI is InChI=1S/C18H21N5O4S2/c1-21(2)29(26,27)14-8-6-13(7-9-14)17(24)19-10-11-23-18(25)22(3)16(20-23)15-5-4-12-28-15/h4-9,12H,10-11H2,1-3H3,(H,19,24). The Labute approximate surface area is 172 Å². The molecule has 29 heavy (non-hydrogen) atoms. The van der Waals surface area contributed by atoms with Gasteiger partial charge in [0.25, 0.3) is 5.91 Å². The number of sulfonamides is 1. The summed E-state index contributed by atoms with van der Waals surface area (Å²) < 4.78 is 28.0. The van der Waals surface area contributed by atoms with Crippen LogP contribution in [0.3, 0.4) is 0 Å². The summed E-state index contributed by atoms with van der Waals surface area (Å²) >= 11 is 1.49. The number of nitrogens with one attached hydrogen (secondary N) is 1. The monoisotopic (exact) mass is 435 g/mol. The van der Waals surface area contributed by atoms with E-state index in [2.05, 4.69) is 10.4 Å². The highest BCUT2D eigenvalue weighted by Gasteiger charge is 2.18. The minimum Gasteiger partial charge on any atom is -0.350 e. The number of amides is 1. The fourth-order valence-electron chi connectivity index (χ4n) is 2.62. The second-order valence-corrected chi connectivity index (χ2v) is 9.53. The number of benzene rings is 1. The molecule has 0 spiro atoms. The number of hydrogen-bond donors (Lipinski definition) is 1. The van der Waals surface area contributed by atoms with Crippen LogP contribution in [0.5, 0.6) is 0 Å². The molecule has 0 aliphatic carbocycles. The molecular weight excluding hydrogens is 414 g/mol. The summed E-state index contributed by atoms with van der Waals surface area (Å²) in [5.41, 5.74) is 0.0660. The molecule has 0 saturated heterocycles. The highest BCUT2D eigenvalue weighted by molar-refractivity contribution is 7.89. The van der Waals surface area contributed by atoms with Crippen molar-refractivity contribution in [3.8, 4) is 10.7 Å². The van der Waals surface area contributed by atoms with E-state index in [1.54, 1.807) is 7.05 Å². The second kappa shape index (κ2) is 8.31. The van der Waals surface area contributed by atoms with Gasteiger partial charge in [-0.15, -0.1) is 16.4 Å². The predicted octanol–water partition coefficient (Wildman–Crippen LogP) is 0.991. The maximum Gasteiger partial charge on any atom is 0.346 e. The van der Waals surface area contributed by atoms with Gasteiger partial charge >= 0.3 is 5.69 Å². The van der Waals surface area contributed by atoms with Crippen molar-refractivity contribution in [2.45, 2.75) is 11.4 Å². The lowest BCUT2D eigenvalue weighted by Gasteiger charge is -2.11. The van der Waals surface area contributed by atoms with Crippen LogP contribution in [0.4, 0.5) is 0 Å². The Kier molecular flexibility index (Phi) is 6.01. The lowest BCUT2D eigenvalue weighted by molar-refractivity contribution is 0.0951. The third-order valence-corrected chi connectivity index (χ3v) is 6.98. The number of rotatable bonds is 7. The normalized spacial score (nSPS) is 11.7. The average molecular weight is 436 g/mol. The maximum absolute atomic E-state index is 12.3. The van der Waals surface area contributed by atoms with Crippen molar-refractivity contribution in [3.63, 3.8) is 0 Å². The van der Waals surface area contributed by atoms with Crippen molar-refractivity contribution in [1.82, 2.24) is 24.0 Å². The Bertz CT molecular complexity index is 1160. The number of carbonyl (C=O) groups excluding carboxylic acids is 1. The van der Waals surface area contributed by atoms with Gasteiger partial charge in [0.1, 0.15) is 0 Å². The molecule has 9 nitrogen and oxygen atoms in total. The van der Waals surface area contributed by atoms with E-state index in [4.69, 9.17) is 0 Å². The van der Waals surface area contributed by atoms with E-state index in [1.807, 2.05) is 17.5 Å². The van der Waals surface area contributed by atoms with E-state index >= 15 is 0 Å². The summed E-state index contributed by atoms with van der Waals surface area (Å²) in [6.45, 7) is 0.425. The van der Waals surface area contributed by atoms with Crippen molar-refractivity contribution in [2.24, 2.45) is 7.05 Å². The minimum absolute atomic E-state index is 0.111. The summed E-state index contributed by atoms with van der Waals surface area (Å²) in [6, 6.07) is 9.46. The molecule has 1 N–H and O–H groups in total. The summed E-state index contributed by atoms with van der Waals surface area (Å²) in [6.07, 6.45) is 0. The Morgan fingerprint density at radius 3 is 2.48 bits per heavy atom. The molecule has 0 unspecified atom stereocenters. The molecular formula is C18H21N5O4S2. The fraction of sp³-hybridized carbons (Fsp3) is 0.278. The first kappa shape index (κ1) is 21.0. The Hall–Kier alpha value is -2.76. The largest absolute Gasteiger partial charge is 0.350 e.